The van der Waals surface area contributed by atoms with Gasteiger partial charge in [-0.15, -0.1) is 0 Å². The van der Waals surface area contributed by atoms with Gasteiger partial charge in [0.1, 0.15) is 12.7 Å². The second kappa shape index (κ2) is 22.4. The maximum Gasteiger partial charge on any atom is 0.306 e. The van der Waals surface area contributed by atoms with E-state index in [-0.39, 0.29) is 30.1 Å². The molecule has 0 aromatic rings. The Morgan fingerprint density at radius 3 is 1.42 bits per heavy atom. The first kappa shape index (κ1) is 38.1. The van der Waals surface area contributed by atoms with Crippen molar-refractivity contribution >= 4 is 11.9 Å². The SMILES string of the molecule is CCCCCC1CC1CCCCCCCC(=O)OCC(CC(C)(C)C)OC(=O)CCCCCCCC1CC1CCCCC. The fourth-order valence-electron chi connectivity index (χ4n) is 7.08. The smallest absolute Gasteiger partial charge is 0.306 e. The van der Waals surface area contributed by atoms with Crippen LogP contribution in [0.4, 0.5) is 0 Å². The monoisotopic (exact) mass is 605 g/mol. The molecule has 0 spiro atoms. The van der Waals surface area contributed by atoms with Gasteiger partial charge >= 0.3 is 11.9 Å². The maximum atomic E-state index is 12.6. The molecule has 2 aliphatic rings. The van der Waals surface area contributed by atoms with Gasteiger partial charge in [-0.25, -0.2) is 0 Å². The van der Waals surface area contributed by atoms with E-state index in [1.807, 2.05) is 0 Å². The molecule has 0 N–H and O–H groups in total. The summed E-state index contributed by atoms with van der Waals surface area (Å²) in [6.07, 6.45) is 29.9. The first-order valence-corrected chi connectivity index (χ1v) is 19.1. The molecular formula is C39H72O4. The minimum atomic E-state index is -0.353. The molecule has 0 aromatic heterocycles. The highest BCUT2D eigenvalue weighted by Crippen LogP contribution is 2.46. The van der Waals surface area contributed by atoms with E-state index in [0.717, 1.165) is 49.4 Å². The third kappa shape index (κ3) is 20.6. The molecule has 2 saturated carbocycles. The van der Waals surface area contributed by atoms with Gasteiger partial charge < -0.3 is 9.47 Å². The van der Waals surface area contributed by atoms with Crippen molar-refractivity contribution in [2.45, 2.75) is 201 Å². The maximum absolute atomic E-state index is 12.6. The standard InChI is InChI=1S/C39H72O4/c1-6-8-16-22-32-28-34(32)24-18-12-10-14-20-26-37(40)42-31-36(30-39(3,4)5)43-38(41)27-21-15-11-13-19-25-35-29-33(35)23-17-9-7-2/h32-36H,6-31H2,1-5H3. The summed E-state index contributed by atoms with van der Waals surface area (Å²) in [4.78, 5) is 25.0. The lowest BCUT2D eigenvalue weighted by Gasteiger charge is -2.25. The lowest BCUT2D eigenvalue weighted by atomic mass is 9.89. The molecule has 252 valence electrons. The predicted molar refractivity (Wildman–Crippen MR) is 181 cm³/mol. The van der Waals surface area contributed by atoms with Crippen molar-refractivity contribution in [3.8, 4) is 0 Å². The number of carbonyl (C=O) groups excluding carboxylic acids is 2. The van der Waals surface area contributed by atoms with Crippen LogP contribution < -0.4 is 0 Å². The number of esters is 2. The molecule has 0 amide bonds. The molecule has 5 atom stereocenters. The van der Waals surface area contributed by atoms with Crippen molar-refractivity contribution in [1.82, 2.24) is 0 Å². The molecule has 0 saturated heterocycles. The van der Waals surface area contributed by atoms with Crippen LogP contribution in [0.15, 0.2) is 0 Å². The van der Waals surface area contributed by atoms with Crippen LogP contribution in [-0.2, 0) is 19.1 Å². The lowest BCUT2D eigenvalue weighted by Crippen LogP contribution is -2.29. The van der Waals surface area contributed by atoms with E-state index in [1.165, 1.54) is 116 Å². The van der Waals surface area contributed by atoms with Crippen LogP contribution in [0, 0.1) is 29.1 Å². The van der Waals surface area contributed by atoms with Crippen molar-refractivity contribution in [3.63, 3.8) is 0 Å². The minimum absolute atomic E-state index is 0.00388. The van der Waals surface area contributed by atoms with Gasteiger partial charge in [0, 0.05) is 12.8 Å². The second-order valence-corrected chi connectivity index (χ2v) is 15.7. The zero-order valence-corrected chi connectivity index (χ0v) is 29.4. The van der Waals surface area contributed by atoms with Crippen LogP contribution in [0.1, 0.15) is 195 Å². The average Bonchev–Trinajstić information content (AvgIpc) is 3.87. The fraction of sp³-hybridized carbons (Fsp3) is 0.949. The molecule has 2 aliphatic carbocycles. The Morgan fingerprint density at radius 2 is 0.977 bits per heavy atom. The molecule has 2 fully saturated rings. The molecule has 5 unspecified atom stereocenters. The van der Waals surface area contributed by atoms with E-state index >= 15 is 0 Å². The molecule has 43 heavy (non-hydrogen) atoms. The first-order chi connectivity index (χ1) is 20.7. The highest BCUT2D eigenvalue weighted by Gasteiger charge is 2.35. The van der Waals surface area contributed by atoms with Gasteiger partial charge in [-0.2, -0.15) is 0 Å². The van der Waals surface area contributed by atoms with Gasteiger partial charge in [0.2, 0.25) is 0 Å². The fourth-order valence-corrected chi connectivity index (χ4v) is 7.08. The minimum Gasteiger partial charge on any atom is -0.462 e. The zero-order chi connectivity index (χ0) is 31.3. The largest absolute Gasteiger partial charge is 0.462 e. The van der Waals surface area contributed by atoms with Crippen LogP contribution in [0.2, 0.25) is 0 Å². The molecule has 4 heteroatoms. The Balaban J connectivity index is 1.45. The average molecular weight is 605 g/mol. The van der Waals surface area contributed by atoms with Crippen LogP contribution in [-0.4, -0.2) is 24.6 Å². The number of unbranched alkanes of at least 4 members (excludes halogenated alkanes) is 12. The molecule has 2 rings (SSSR count). The summed E-state index contributed by atoms with van der Waals surface area (Å²) in [6.45, 7) is 11.2. The van der Waals surface area contributed by atoms with Crippen molar-refractivity contribution in [1.29, 1.82) is 0 Å². The number of hydrogen-bond acceptors (Lipinski definition) is 4. The van der Waals surface area contributed by atoms with Crippen LogP contribution in [0.25, 0.3) is 0 Å². The van der Waals surface area contributed by atoms with E-state index in [9.17, 15) is 9.59 Å². The normalized spacial score (nSPS) is 21.9. The number of ether oxygens (including phenoxy) is 2. The van der Waals surface area contributed by atoms with E-state index in [0.29, 0.717) is 19.3 Å². The summed E-state index contributed by atoms with van der Waals surface area (Å²) < 4.78 is 11.4. The predicted octanol–water partition coefficient (Wildman–Crippen LogP) is 11.8. The van der Waals surface area contributed by atoms with E-state index < -0.39 is 0 Å². The third-order valence-corrected chi connectivity index (χ3v) is 9.98. The lowest BCUT2D eigenvalue weighted by molar-refractivity contribution is -0.161. The van der Waals surface area contributed by atoms with E-state index in [2.05, 4.69) is 34.6 Å². The Labute approximate surface area is 267 Å². The van der Waals surface area contributed by atoms with Crippen molar-refractivity contribution in [3.05, 3.63) is 0 Å². The van der Waals surface area contributed by atoms with Crippen LogP contribution >= 0.6 is 0 Å². The Kier molecular flexibility index (Phi) is 19.9. The summed E-state index contributed by atoms with van der Waals surface area (Å²) in [6, 6.07) is 0. The highest BCUT2D eigenvalue weighted by molar-refractivity contribution is 5.70. The topological polar surface area (TPSA) is 52.6 Å². The van der Waals surface area contributed by atoms with E-state index in [4.69, 9.17) is 9.47 Å². The highest BCUT2D eigenvalue weighted by atomic mass is 16.6. The summed E-state index contributed by atoms with van der Waals surface area (Å²) in [5.74, 6) is 3.79. The molecule has 0 aromatic carbocycles. The number of rotatable bonds is 28. The van der Waals surface area contributed by atoms with Gasteiger partial charge in [-0.1, -0.05) is 150 Å². The van der Waals surface area contributed by atoms with Crippen LogP contribution in [0.5, 0.6) is 0 Å². The Morgan fingerprint density at radius 1 is 0.581 bits per heavy atom. The van der Waals surface area contributed by atoms with Crippen LogP contribution in [0.3, 0.4) is 0 Å². The summed E-state index contributed by atoms with van der Waals surface area (Å²) in [5.41, 5.74) is 0.00388. The molecule has 0 bridgehead atoms. The van der Waals surface area contributed by atoms with Crippen molar-refractivity contribution in [2.24, 2.45) is 29.1 Å². The van der Waals surface area contributed by atoms with Crippen molar-refractivity contribution < 1.29 is 19.1 Å². The summed E-state index contributed by atoms with van der Waals surface area (Å²) in [7, 11) is 0. The van der Waals surface area contributed by atoms with Gasteiger partial charge in [0.25, 0.3) is 0 Å². The van der Waals surface area contributed by atoms with Gasteiger partial charge in [0.05, 0.1) is 0 Å². The van der Waals surface area contributed by atoms with Gasteiger partial charge in [-0.05, 0) is 61.2 Å². The Hall–Kier alpha value is -1.06. The summed E-state index contributed by atoms with van der Waals surface area (Å²) in [5, 5.41) is 0. The van der Waals surface area contributed by atoms with E-state index in [1.54, 1.807) is 0 Å². The van der Waals surface area contributed by atoms with Gasteiger partial charge in [0.15, 0.2) is 0 Å². The number of hydrogen-bond donors (Lipinski definition) is 0. The quantitative estimate of drug-likeness (QED) is 0.0658. The summed E-state index contributed by atoms with van der Waals surface area (Å²) >= 11 is 0. The molecular weight excluding hydrogens is 532 g/mol. The first-order valence-electron chi connectivity index (χ1n) is 19.1. The molecule has 0 radical (unpaired) electrons. The van der Waals surface area contributed by atoms with Gasteiger partial charge in [-0.3, -0.25) is 9.59 Å². The molecule has 0 heterocycles. The second-order valence-electron chi connectivity index (χ2n) is 15.7. The number of carbonyl (C=O) groups is 2. The third-order valence-electron chi connectivity index (χ3n) is 9.98. The Bertz CT molecular complexity index is 725. The molecule has 4 nitrogen and oxygen atoms in total. The molecule has 0 aliphatic heterocycles. The van der Waals surface area contributed by atoms with Crippen molar-refractivity contribution in [2.75, 3.05) is 6.61 Å². The zero-order valence-electron chi connectivity index (χ0n) is 29.4.